The third-order valence-electron chi connectivity index (χ3n) is 6.54. The van der Waals surface area contributed by atoms with Crippen LogP contribution in [0, 0.1) is 5.92 Å². The first-order valence-electron chi connectivity index (χ1n) is 11.9. The summed E-state index contributed by atoms with van der Waals surface area (Å²) in [6.45, 7) is 8.36. The van der Waals surface area contributed by atoms with E-state index in [2.05, 4.69) is 41.4 Å². The summed E-state index contributed by atoms with van der Waals surface area (Å²) in [7, 11) is -1.84. The Bertz CT molecular complexity index is 1050. The summed E-state index contributed by atoms with van der Waals surface area (Å²) in [5.41, 5.74) is 2.81. The number of nitrogens with zero attached hydrogens (tertiary/aromatic N) is 2. The molecular formula is C26H37N3O4S. The van der Waals surface area contributed by atoms with Gasteiger partial charge in [0.15, 0.2) is 6.10 Å². The van der Waals surface area contributed by atoms with E-state index in [1.807, 2.05) is 13.8 Å². The normalized spacial score (nSPS) is 16.6. The topological polar surface area (TPSA) is 78.9 Å². The molecule has 1 amide bonds. The molecule has 2 aromatic carbocycles. The van der Waals surface area contributed by atoms with Gasteiger partial charge in [0.25, 0.3) is 5.91 Å². The van der Waals surface area contributed by atoms with Crippen molar-refractivity contribution in [1.29, 1.82) is 0 Å². The highest BCUT2D eigenvalue weighted by atomic mass is 32.2. The van der Waals surface area contributed by atoms with Crippen molar-refractivity contribution in [2.24, 2.45) is 5.92 Å². The smallest absolute Gasteiger partial charge is 0.261 e. The van der Waals surface area contributed by atoms with Gasteiger partial charge in [-0.2, -0.15) is 0 Å². The number of sulfonamides is 1. The molecule has 8 heteroatoms. The van der Waals surface area contributed by atoms with Crippen molar-refractivity contribution in [3.05, 3.63) is 54.1 Å². The monoisotopic (exact) mass is 487 g/mol. The average molecular weight is 488 g/mol. The highest BCUT2D eigenvalue weighted by Gasteiger charge is 2.22. The van der Waals surface area contributed by atoms with E-state index in [0.717, 1.165) is 30.8 Å². The number of piperidine rings is 1. The largest absolute Gasteiger partial charge is 0.481 e. The molecule has 0 bridgehead atoms. The molecule has 2 atom stereocenters. The molecule has 1 N–H and O–H groups in total. The zero-order valence-electron chi connectivity index (χ0n) is 20.8. The van der Waals surface area contributed by atoms with Gasteiger partial charge in [0.05, 0.1) is 18.0 Å². The predicted molar refractivity (Wildman–Crippen MR) is 138 cm³/mol. The standard InChI is InChI=1S/C26H37N3O4S/c1-6-25(33-24-13-11-22(12-14-24)28(4)34(5,31)32)26(30)27-20(3)21-7-9-23(10-8-21)29-17-15-19(2)16-18-29/h7-14,19-20,25H,6,15-18H2,1-5H3,(H,27,30)/t20-,25-/m0/s1. The first kappa shape index (κ1) is 25.9. The molecule has 1 saturated heterocycles. The molecule has 2 aromatic rings. The molecule has 7 nitrogen and oxygen atoms in total. The van der Waals surface area contributed by atoms with Crippen LogP contribution >= 0.6 is 0 Å². The van der Waals surface area contributed by atoms with E-state index in [9.17, 15) is 13.2 Å². The molecule has 0 radical (unpaired) electrons. The van der Waals surface area contributed by atoms with Crippen molar-refractivity contribution in [2.45, 2.75) is 52.2 Å². The molecule has 1 heterocycles. The number of nitrogens with one attached hydrogen (secondary N) is 1. The average Bonchev–Trinajstić information content (AvgIpc) is 2.82. The van der Waals surface area contributed by atoms with Gasteiger partial charge in [-0.15, -0.1) is 0 Å². The van der Waals surface area contributed by atoms with Crippen LogP contribution in [0.5, 0.6) is 5.75 Å². The molecule has 0 saturated carbocycles. The lowest BCUT2D eigenvalue weighted by Gasteiger charge is -2.32. The molecule has 0 aromatic heterocycles. The number of anilines is 2. The number of hydrogen-bond donors (Lipinski definition) is 1. The maximum absolute atomic E-state index is 12.9. The first-order valence-corrected chi connectivity index (χ1v) is 13.8. The van der Waals surface area contributed by atoms with Crippen LogP contribution in [0.2, 0.25) is 0 Å². The third-order valence-corrected chi connectivity index (χ3v) is 7.75. The lowest BCUT2D eigenvalue weighted by Crippen LogP contribution is -2.39. The zero-order chi connectivity index (χ0) is 24.9. The van der Waals surface area contributed by atoms with E-state index in [1.165, 1.54) is 29.9 Å². The fourth-order valence-electron chi connectivity index (χ4n) is 4.04. The Balaban J connectivity index is 1.58. The second kappa shape index (κ2) is 11.1. The van der Waals surface area contributed by atoms with Crippen LogP contribution in [0.3, 0.4) is 0 Å². The van der Waals surface area contributed by atoms with Gasteiger partial charge in [-0.05, 0) is 74.1 Å². The Morgan fingerprint density at radius 2 is 1.71 bits per heavy atom. The molecule has 1 aliphatic rings. The summed E-state index contributed by atoms with van der Waals surface area (Å²) in [6, 6.07) is 15.0. The SMILES string of the molecule is CC[C@H](Oc1ccc(N(C)S(C)(=O)=O)cc1)C(=O)N[C@@H](C)c1ccc(N2CCC(C)CC2)cc1. The Morgan fingerprint density at radius 1 is 1.12 bits per heavy atom. The molecule has 3 rings (SSSR count). The Hall–Kier alpha value is -2.74. The second-order valence-corrected chi connectivity index (χ2v) is 11.2. The van der Waals surface area contributed by atoms with Crippen molar-refractivity contribution in [1.82, 2.24) is 5.32 Å². The third kappa shape index (κ3) is 6.65. The molecule has 0 unspecified atom stereocenters. The molecule has 186 valence electrons. The highest BCUT2D eigenvalue weighted by molar-refractivity contribution is 7.92. The van der Waals surface area contributed by atoms with Crippen LogP contribution in [0.1, 0.15) is 51.6 Å². The van der Waals surface area contributed by atoms with Crippen molar-refractivity contribution in [3.63, 3.8) is 0 Å². The van der Waals surface area contributed by atoms with E-state index in [1.54, 1.807) is 24.3 Å². The minimum atomic E-state index is -3.34. The van der Waals surface area contributed by atoms with Crippen LogP contribution in [-0.4, -0.2) is 46.8 Å². The number of carbonyl (C=O) groups excluding carboxylic acids is 1. The molecule has 0 spiro atoms. The van der Waals surface area contributed by atoms with Gasteiger partial charge in [0, 0.05) is 25.8 Å². The summed E-state index contributed by atoms with van der Waals surface area (Å²) in [6.07, 6.45) is 3.47. The van der Waals surface area contributed by atoms with E-state index >= 15 is 0 Å². The Kier molecular flexibility index (Phi) is 8.47. The van der Waals surface area contributed by atoms with Crippen LogP contribution in [0.15, 0.2) is 48.5 Å². The summed E-state index contributed by atoms with van der Waals surface area (Å²) < 4.78 is 30.5. The first-order chi connectivity index (χ1) is 16.1. The van der Waals surface area contributed by atoms with Gasteiger partial charge in [-0.1, -0.05) is 26.0 Å². The number of benzene rings is 2. The number of rotatable bonds is 9. The second-order valence-electron chi connectivity index (χ2n) is 9.23. The van der Waals surface area contributed by atoms with Crippen molar-refractivity contribution < 1.29 is 17.9 Å². The van der Waals surface area contributed by atoms with E-state index in [0.29, 0.717) is 17.9 Å². The van der Waals surface area contributed by atoms with Crippen LogP contribution in [-0.2, 0) is 14.8 Å². The lowest BCUT2D eigenvalue weighted by atomic mass is 9.98. The van der Waals surface area contributed by atoms with Crippen molar-refractivity contribution in [2.75, 3.05) is 35.6 Å². The van der Waals surface area contributed by atoms with Crippen LogP contribution in [0.4, 0.5) is 11.4 Å². The summed E-state index contributed by atoms with van der Waals surface area (Å²) >= 11 is 0. The number of ether oxygens (including phenoxy) is 1. The van der Waals surface area contributed by atoms with Crippen molar-refractivity contribution in [3.8, 4) is 5.75 Å². The fraction of sp³-hybridized carbons (Fsp3) is 0.500. The zero-order valence-corrected chi connectivity index (χ0v) is 21.6. The predicted octanol–water partition coefficient (Wildman–Crippen LogP) is 4.35. The Morgan fingerprint density at radius 3 is 2.24 bits per heavy atom. The molecule has 34 heavy (non-hydrogen) atoms. The van der Waals surface area contributed by atoms with Gasteiger partial charge >= 0.3 is 0 Å². The summed E-state index contributed by atoms with van der Waals surface area (Å²) in [4.78, 5) is 15.3. The molecular weight excluding hydrogens is 450 g/mol. The molecule has 1 aliphatic heterocycles. The minimum absolute atomic E-state index is 0.147. The number of amides is 1. The van der Waals surface area contributed by atoms with Gasteiger partial charge in [-0.25, -0.2) is 8.42 Å². The van der Waals surface area contributed by atoms with E-state index in [-0.39, 0.29) is 11.9 Å². The number of carbonyl (C=O) groups is 1. The Labute approximate surface area is 204 Å². The van der Waals surface area contributed by atoms with Gasteiger partial charge < -0.3 is 15.0 Å². The van der Waals surface area contributed by atoms with Crippen LogP contribution in [0.25, 0.3) is 0 Å². The van der Waals surface area contributed by atoms with Crippen molar-refractivity contribution >= 4 is 27.3 Å². The maximum Gasteiger partial charge on any atom is 0.261 e. The quantitative estimate of drug-likeness (QED) is 0.569. The maximum atomic E-state index is 12.9. The molecule has 1 fully saturated rings. The van der Waals surface area contributed by atoms with Crippen LogP contribution < -0.4 is 19.3 Å². The van der Waals surface area contributed by atoms with E-state index in [4.69, 9.17) is 4.74 Å². The fourth-order valence-corrected chi connectivity index (χ4v) is 4.55. The summed E-state index contributed by atoms with van der Waals surface area (Å²) in [5, 5.41) is 3.06. The molecule has 0 aliphatic carbocycles. The lowest BCUT2D eigenvalue weighted by molar-refractivity contribution is -0.128. The summed E-state index contributed by atoms with van der Waals surface area (Å²) in [5.74, 6) is 1.13. The van der Waals surface area contributed by atoms with Gasteiger partial charge in [0.2, 0.25) is 10.0 Å². The number of hydrogen-bond acceptors (Lipinski definition) is 5. The highest BCUT2D eigenvalue weighted by Crippen LogP contribution is 2.25. The van der Waals surface area contributed by atoms with E-state index < -0.39 is 16.1 Å². The van der Waals surface area contributed by atoms with Gasteiger partial charge in [0.1, 0.15) is 5.75 Å². The minimum Gasteiger partial charge on any atom is -0.481 e. The van der Waals surface area contributed by atoms with Gasteiger partial charge in [-0.3, -0.25) is 9.10 Å².